The van der Waals surface area contributed by atoms with Gasteiger partial charge in [0, 0.05) is 5.33 Å². The summed E-state index contributed by atoms with van der Waals surface area (Å²) in [6, 6.07) is 2.99. The lowest BCUT2D eigenvalue weighted by molar-refractivity contribution is -0.274. The molecule has 1 aromatic carbocycles. The summed E-state index contributed by atoms with van der Waals surface area (Å²) in [4.78, 5) is 0. The summed E-state index contributed by atoms with van der Waals surface area (Å²) < 4.78 is 52.7. The first-order valence-electron chi connectivity index (χ1n) is 4.52. The van der Waals surface area contributed by atoms with Gasteiger partial charge in [-0.05, 0) is 36.6 Å². The van der Waals surface area contributed by atoms with Gasteiger partial charge in [0.2, 0.25) is 0 Å². The van der Waals surface area contributed by atoms with Crippen molar-refractivity contribution in [2.24, 2.45) is 0 Å². The topological polar surface area (TPSA) is 9.23 Å². The molecule has 0 aromatic heterocycles. The van der Waals surface area contributed by atoms with Crippen molar-refractivity contribution < 1.29 is 22.3 Å². The molecule has 1 nitrogen and oxygen atoms in total. The van der Waals surface area contributed by atoms with Gasteiger partial charge in [-0.1, -0.05) is 15.9 Å². The lowest BCUT2D eigenvalue weighted by Gasteiger charge is -2.12. The van der Waals surface area contributed by atoms with Crippen molar-refractivity contribution in [1.82, 2.24) is 0 Å². The molecule has 0 radical (unpaired) electrons. The zero-order chi connectivity index (χ0) is 12.2. The fraction of sp³-hybridized carbons (Fsp3) is 0.400. The summed E-state index contributed by atoms with van der Waals surface area (Å²) >= 11 is 3.15. The van der Waals surface area contributed by atoms with Crippen LogP contribution in [0.1, 0.15) is 12.0 Å². The average Bonchev–Trinajstić information content (AvgIpc) is 2.16. The van der Waals surface area contributed by atoms with Crippen molar-refractivity contribution in [2.75, 3.05) is 5.33 Å². The molecular weight excluding hydrogens is 292 g/mol. The van der Waals surface area contributed by atoms with E-state index in [0.29, 0.717) is 18.2 Å². The third kappa shape index (κ3) is 4.38. The lowest BCUT2D eigenvalue weighted by atomic mass is 10.1. The molecule has 0 aliphatic rings. The Morgan fingerprint density at radius 3 is 2.50 bits per heavy atom. The van der Waals surface area contributed by atoms with Crippen molar-refractivity contribution in [2.45, 2.75) is 19.2 Å². The predicted octanol–water partition coefficient (Wildman–Crippen LogP) is 4.05. The zero-order valence-electron chi connectivity index (χ0n) is 8.15. The van der Waals surface area contributed by atoms with E-state index in [2.05, 4.69) is 20.7 Å². The third-order valence-electron chi connectivity index (χ3n) is 1.83. The Labute approximate surface area is 98.5 Å². The first-order chi connectivity index (χ1) is 7.42. The van der Waals surface area contributed by atoms with Crippen LogP contribution in [0.5, 0.6) is 5.75 Å². The predicted molar refractivity (Wildman–Crippen MR) is 55.2 cm³/mol. The van der Waals surface area contributed by atoms with E-state index >= 15 is 0 Å². The maximum atomic E-state index is 12.9. The number of hydrogen-bond donors (Lipinski definition) is 0. The second-order valence-electron chi connectivity index (χ2n) is 3.09. The normalized spacial score (nSPS) is 11.6. The summed E-state index contributed by atoms with van der Waals surface area (Å²) in [5.41, 5.74) is 0.219. The van der Waals surface area contributed by atoms with Crippen molar-refractivity contribution in [3.8, 4) is 5.75 Å². The van der Waals surface area contributed by atoms with E-state index in [9.17, 15) is 17.6 Å². The second-order valence-corrected chi connectivity index (χ2v) is 3.89. The first-order valence-corrected chi connectivity index (χ1v) is 5.64. The van der Waals surface area contributed by atoms with Crippen LogP contribution in [0.15, 0.2) is 18.2 Å². The van der Waals surface area contributed by atoms with Gasteiger partial charge in [0.1, 0.15) is 11.6 Å². The molecule has 16 heavy (non-hydrogen) atoms. The van der Waals surface area contributed by atoms with Crippen LogP contribution in [0.2, 0.25) is 0 Å². The maximum absolute atomic E-state index is 12.9. The summed E-state index contributed by atoms with van der Waals surface area (Å²) in [5, 5.41) is 0.634. The number of halogens is 5. The molecule has 0 atom stereocenters. The number of aryl methyl sites for hydroxylation is 1. The highest BCUT2D eigenvalue weighted by molar-refractivity contribution is 9.09. The zero-order valence-corrected chi connectivity index (χ0v) is 9.74. The van der Waals surface area contributed by atoms with E-state index < -0.39 is 12.2 Å². The maximum Gasteiger partial charge on any atom is 0.573 e. The SMILES string of the molecule is Fc1ccc(OC(F)(F)F)c(CCCBr)c1. The summed E-state index contributed by atoms with van der Waals surface area (Å²) in [6.07, 6.45) is -3.81. The minimum Gasteiger partial charge on any atom is -0.405 e. The summed E-state index contributed by atoms with van der Waals surface area (Å²) in [6.45, 7) is 0. The van der Waals surface area contributed by atoms with Gasteiger partial charge in [-0.2, -0.15) is 0 Å². The molecule has 0 heterocycles. The quantitative estimate of drug-likeness (QED) is 0.602. The molecule has 6 heteroatoms. The van der Waals surface area contributed by atoms with Crippen molar-refractivity contribution in [3.63, 3.8) is 0 Å². The molecule has 0 saturated carbocycles. The van der Waals surface area contributed by atoms with Gasteiger partial charge < -0.3 is 4.74 Å². The van der Waals surface area contributed by atoms with Crippen molar-refractivity contribution in [3.05, 3.63) is 29.6 Å². The van der Waals surface area contributed by atoms with Gasteiger partial charge in [-0.15, -0.1) is 13.2 Å². The van der Waals surface area contributed by atoms with Crippen LogP contribution in [0.4, 0.5) is 17.6 Å². The third-order valence-corrected chi connectivity index (χ3v) is 2.39. The van der Waals surface area contributed by atoms with Crippen LogP contribution in [0.3, 0.4) is 0 Å². The lowest BCUT2D eigenvalue weighted by Crippen LogP contribution is -2.18. The monoisotopic (exact) mass is 300 g/mol. The van der Waals surface area contributed by atoms with Gasteiger partial charge >= 0.3 is 6.36 Å². The van der Waals surface area contributed by atoms with Crippen molar-refractivity contribution >= 4 is 15.9 Å². The highest BCUT2D eigenvalue weighted by Gasteiger charge is 2.32. The highest BCUT2D eigenvalue weighted by atomic mass is 79.9. The van der Waals surface area contributed by atoms with E-state index in [-0.39, 0.29) is 11.3 Å². The van der Waals surface area contributed by atoms with Crippen LogP contribution in [0.25, 0.3) is 0 Å². The number of rotatable bonds is 4. The molecule has 0 aliphatic heterocycles. The fourth-order valence-corrected chi connectivity index (χ4v) is 1.51. The molecule has 0 spiro atoms. The van der Waals surface area contributed by atoms with Crippen LogP contribution >= 0.6 is 15.9 Å². The van der Waals surface area contributed by atoms with E-state index in [1.54, 1.807) is 0 Å². The molecular formula is C10H9BrF4O. The molecule has 0 unspecified atom stereocenters. The van der Waals surface area contributed by atoms with Gasteiger partial charge in [-0.3, -0.25) is 0 Å². The smallest absolute Gasteiger partial charge is 0.405 e. The molecule has 0 amide bonds. The van der Waals surface area contributed by atoms with Crippen LogP contribution < -0.4 is 4.74 Å². The highest BCUT2D eigenvalue weighted by Crippen LogP contribution is 2.27. The van der Waals surface area contributed by atoms with E-state index in [4.69, 9.17) is 0 Å². The van der Waals surface area contributed by atoms with Crippen LogP contribution in [0, 0.1) is 5.82 Å². The van der Waals surface area contributed by atoms with Crippen LogP contribution in [-0.2, 0) is 6.42 Å². The minimum atomic E-state index is -4.75. The Kier molecular flexibility index (Phi) is 4.58. The van der Waals surface area contributed by atoms with Crippen molar-refractivity contribution in [1.29, 1.82) is 0 Å². The largest absolute Gasteiger partial charge is 0.573 e. The Balaban J connectivity index is 2.89. The molecule has 0 fully saturated rings. The van der Waals surface area contributed by atoms with Gasteiger partial charge in [0.15, 0.2) is 0 Å². The Morgan fingerprint density at radius 2 is 1.94 bits per heavy atom. The molecule has 0 bridgehead atoms. The molecule has 1 aromatic rings. The second kappa shape index (κ2) is 5.52. The number of ether oxygens (including phenoxy) is 1. The van der Waals surface area contributed by atoms with E-state index in [1.807, 2.05) is 0 Å². The molecule has 0 saturated heterocycles. The minimum absolute atomic E-state index is 0.219. The Hall–Kier alpha value is -0.780. The van der Waals surface area contributed by atoms with Gasteiger partial charge in [0.05, 0.1) is 0 Å². The average molecular weight is 301 g/mol. The number of benzene rings is 1. The number of hydrogen-bond acceptors (Lipinski definition) is 1. The molecule has 90 valence electrons. The Morgan fingerprint density at radius 1 is 1.25 bits per heavy atom. The van der Waals surface area contributed by atoms with Gasteiger partial charge in [0.25, 0.3) is 0 Å². The first kappa shape index (κ1) is 13.3. The summed E-state index contributed by atoms with van der Waals surface area (Å²) in [5.74, 6) is -0.908. The summed E-state index contributed by atoms with van der Waals surface area (Å²) in [7, 11) is 0. The van der Waals surface area contributed by atoms with Gasteiger partial charge in [-0.25, -0.2) is 4.39 Å². The Bertz CT molecular complexity index is 351. The standard InChI is InChI=1S/C10H9BrF4O/c11-5-1-2-7-6-8(12)3-4-9(7)16-10(13,14)15/h3-4,6H,1-2,5H2. The molecule has 1 rings (SSSR count). The van der Waals surface area contributed by atoms with E-state index in [1.165, 1.54) is 0 Å². The number of alkyl halides is 4. The van der Waals surface area contributed by atoms with Crippen LogP contribution in [-0.4, -0.2) is 11.7 Å². The molecule has 0 aliphatic carbocycles. The van der Waals surface area contributed by atoms with E-state index in [0.717, 1.165) is 18.2 Å². The molecule has 0 N–H and O–H groups in total. The fourth-order valence-electron chi connectivity index (χ4n) is 1.22.